The van der Waals surface area contributed by atoms with Crippen molar-refractivity contribution in [1.82, 2.24) is 0 Å². The van der Waals surface area contributed by atoms with E-state index in [1.807, 2.05) is 67.6 Å². The highest BCUT2D eigenvalue weighted by Crippen LogP contribution is 2.32. The standard InChI is InChI=1S/C16H18O2/c1-12(15(17)13-8-4-2-5-9-13)16(18)14-10-6-3-7-11-14/h2-12,15-18H,1H3/t15-,16-/m0/s1. The van der Waals surface area contributed by atoms with Gasteiger partial charge in [-0.3, -0.25) is 0 Å². The van der Waals surface area contributed by atoms with E-state index in [1.54, 1.807) is 0 Å². The zero-order chi connectivity index (χ0) is 13.0. The highest BCUT2D eigenvalue weighted by atomic mass is 16.3. The monoisotopic (exact) mass is 242 g/mol. The molecule has 0 aliphatic heterocycles. The molecule has 18 heavy (non-hydrogen) atoms. The van der Waals surface area contributed by atoms with Crippen molar-refractivity contribution in [2.45, 2.75) is 19.1 Å². The maximum Gasteiger partial charge on any atom is 0.0843 e. The number of aliphatic hydroxyl groups excluding tert-OH is 2. The van der Waals surface area contributed by atoms with E-state index >= 15 is 0 Å². The summed E-state index contributed by atoms with van der Waals surface area (Å²) in [6.07, 6.45) is -1.33. The summed E-state index contributed by atoms with van der Waals surface area (Å²) >= 11 is 0. The van der Waals surface area contributed by atoms with Crippen molar-refractivity contribution in [3.8, 4) is 0 Å². The van der Waals surface area contributed by atoms with Crippen molar-refractivity contribution in [2.75, 3.05) is 0 Å². The van der Waals surface area contributed by atoms with Crippen LogP contribution >= 0.6 is 0 Å². The Morgan fingerprint density at radius 3 is 1.33 bits per heavy atom. The molecule has 2 N–H and O–H groups in total. The Labute approximate surface area is 108 Å². The molecular weight excluding hydrogens is 224 g/mol. The smallest absolute Gasteiger partial charge is 0.0843 e. The molecule has 2 rings (SSSR count). The van der Waals surface area contributed by atoms with Gasteiger partial charge in [0.15, 0.2) is 0 Å². The van der Waals surface area contributed by atoms with Gasteiger partial charge in [0.2, 0.25) is 0 Å². The highest BCUT2D eigenvalue weighted by molar-refractivity contribution is 5.22. The first kappa shape index (κ1) is 12.8. The summed E-state index contributed by atoms with van der Waals surface area (Å²) in [7, 11) is 0. The fourth-order valence-electron chi connectivity index (χ4n) is 2.08. The van der Waals surface area contributed by atoms with Gasteiger partial charge >= 0.3 is 0 Å². The predicted octanol–water partition coefficient (Wildman–Crippen LogP) is 3.09. The lowest BCUT2D eigenvalue weighted by atomic mass is 9.89. The van der Waals surface area contributed by atoms with Gasteiger partial charge in [-0.1, -0.05) is 67.6 Å². The van der Waals surface area contributed by atoms with Crippen molar-refractivity contribution < 1.29 is 10.2 Å². The molecule has 0 heterocycles. The molecule has 0 fully saturated rings. The SMILES string of the molecule is CC([C@H](O)c1ccccc1)[C@H](O)c1ccccc1. The Morgan fingerprint density at radius 2 is 1.00 bits per heavy atom. The second-order valence-electron chi connectivity index (χ2n) is 4.57. The molecule has 0 aliphatic carbocycles. The van der Waals surface area contributed by atoms with E-state index in [0.717, 1.165) is 11.1 Å². The van der Waals surface area contributed by atoms with Gasteiger partial charge in [0.05, 0.1) is 12.2 Å². The Bertz CT molecular complexity index is 421. The van der Waals surface area contributed by atoms with Crippen LogP contribution in [0.4, 0.5) is 0 Å². The number of hydrogen-bond acceptors (Lipinski definition) is 2. The van der Waals surface area contributed by atoms with Crippen LogP contribution in [0.25, 0.3) is 0 Å². The van der Waals surface area contributed by atoms with Crippen LogP contribution in [0.2, 0.25) is 0 Å². The average molecular weight is 242 g/mol. The van der Waals surface area contributed by atoms with Crippen LogP contribution in [-0.4, -0.2) is 10.2 Å². The molecule has 0 aliphatic rings. The molecule has 0 saturated carbocycles. The van der Waals surface area contributed by atoms with Crippen molar-refractivity contribution in [3.05, 3.63) is 71.8 Å². The molecule has 94 valence electrons. The third-order valence-electron chi connectivity index (χ3n) is 3.28. The molecule has 0 spiro atoms. The number of aliphatic hydroxyl groups is 2. The Balaban J connectivity index is 2.14. The summed E-state index contributed by atoms with van der Waals surface area (Å²) in [5.74, 6) is -0.255. The molecular formula is C16H18O2. The lowest BCUT2D eigenvalue weighted by molar-refractivity contribution is 0.0199. The quantitative estimate of drug-likeness (QED) is 0.865. The van der Waals surface area contributed by atoms with Crippen molar-refractivity contribution >= 4 is 0 Å². The van der Waals surface area contributed by atoms with Crippen LogP contribution in [0.5, 0.6) is 0 Å². The van der Waals surface area contributed by atoms with Crippen LogP contribution in [0.3, 0.4) is 0 Å². The fourth-order valence-corrected chi connectivity index (χ4v) is 2.08. The molecule has 2 aromatic rings. The summed E-state index contributed by atoms with van der Waals surface area (Å²) in [4.78, 5) is 0. The van der Waals surface area contributed by atoms with E-state index in [1.165, 1.54) is 0 Å². The van der Waals surface area contributed by atoms with E-state index < -0.39 is 12.2 Å². The Morgan fingerprint density at radius 1 is 0.667 bits per heavy atom. The van der Waals surface area contributed by atoms with Crippen LogP contribution in [-0.2, 0) is 0 Å². The van der Waals surface area contributed by atoms with Gasteiger partial charge in [-0.2, -0.15) is 0 Å². The maximum absolute atomic E-state index is 10.3. The first-order chi connectivity index (χ1) is 8.70. The third kappa shape index (κ3) is 2.78. The first-order valence-corrected chi connectivity index (χ1v) is 6.16. The largest absolute Gasteiger partial charge is 0.388 e. The normalized spacial score (nSPS) is 14.4. The first-order valence-electron chi connectivity index (χ1n) is 6.16. The second-order valence-corrected chi connectivity index (χ2v) is 4.57. The third-order valence-corrected chi connectivity index (χ3v) is 3.28. The highest BCUT2D eigenvalue weighted by Gasteiger charge is 2.24. The molecule has 2 atom stereocenters. The summed E-state index contributed by atoms with van der Waals surface area (Å²) in [5, 5.41) is 20.5. The van der Waals surface area contributed by atoms with Gasteiger partial charge < -0.3 is 10.2 Å². The summed E-state index contributed by atoms with van der Waals surface area (Å²) in [6.45, 7) is 1.86. The molecule has 0 amide bonds. The molecule has 2 nitrogen and oxygen atoms in total. The molecule has 2 heteroatoms. The number of benzene rings is 2. The van der Waals surface area contributed by atoms with Crippen LogP contribution in [0, 0.1) is 5.92 Å². The average Bonchev–Trinajstić information content (AvgIpc) is 2.47. The summed E-state index contributed by atoms with van der Waals surface area (Å²) in [6, 6.07) is 18.9. The Hall–Kier alpha value is -1.64. The zero-order valence-corrected chi connectivity index (χ0v) is 10.4. The van der Waals surface area contributed by atoms with Crippen LogP contribution in [0.15, 0.2) is 60.7 Å². The van der Waals surface area contributed by atoms with Crippen molar-refractivity contribution in [1.29, 1.82) is 0 Å². The van der Waals surface area contributed by atoms with Gasteiger partial charge in [0.25, 0.3) is 0 Å². The molecule has 0 saturated heterocycles. The molecule has 0 unspecified atom stereocenters. The van der Waals surface area contributed by atoms with Gasteiger partial charge in [-0.15, -0.1) is 0 Å². The van der Waals surface area contributed by atoms with E-state index in [0.29, 0.717) is 0 Å². The predicted molar refractivity (Wildman–Crippen MR) is 72.0 cm³/mol. The summed E-state index contributed by atoms with van der Waals surface area (Å²) < 4.78 is 0. The van der Waals surface area contributed by atoms with Gasteiger partial charge in [-0.05, 0) is 11.1 Å². The van der Waals surface area contributed by atoms with Crippen molar-refractivity contribution in [3.63, 3.8) is 0 Å². The second kappa shape index (κ2) is 5.80. The molecule has 2 aromatic carbocycles. The molecule has 0 bridgehead atoms. The minimum absolute atomic E-state index is 0.255. The lowest BCUT2D eigenvalue weighted by Gasteiger charge is -2.24. The van der Waals surface area contributed by atoms with Gasteiger partial charge in [-0.25, -0.2) is 0 Å². The van der Waals surface area contributed by atoms with E-state index in [4.69, 9.17) is 0 Å². The van der Waals surface area contributed by atoms with Crippen molar-refractivity contribution in [2.24, 2.45) is 5.92 Å². The minimum atomic E-state index is -0.665. The fraction of sp³-hybridized carbons (Fsp3) is 0.250. The molecule has 0 radical (unpaired) electrons. The van der Waals surface area contributed by atoms with E-state index in [-0.39, 0.29) is 5.92 Å². The Kier molecular flexibility index (Phi) is 4.13. The maximum atomic E-state index is 10.3. The zero-order valence-electron chi connectivity index (χ0n) is 10.4. The van der Waals surface area contributed by atoms with E-state index in [9.17, 15) is 10.2 Å². The topological polar surface area (TPSA) is 40.5 Å². The summed E-state index contributed by atoms with van der Waals surface area (Å²) in [5.41, 5.74) is 1.67. The number of rotatable bonds is 4. The van der Waals surface area contributed by atoms with Crippen LogP contribution < -0.4 is 0 Å². The minimum Gasteiger partial charge on any atom is -0.388 e. The lowest BCUT2D eigenvalue weighted by Crippen LogP contribution is -2.17. The van der Waals surface area contributed by atoms with E-state index in [2.05, 4.69) is 0 Å². The van der Waals surface area contributed by atoms with Crippen LogP contribution in [0.1, 0.15) is 30.3 Å². The van der Waals surface area contributed by atoms with Gasteiger partial charge in [0.1, 0.15) is 0 Å². The molecule has 0 aromatic heterocycles. The van der Waals surface area contributed by atoms with Gasteiger partial charge in [0, 0.05) is 5.92 Å². The number of hydrogen-bond donors (Lipinski definition) is 2.